The van der Waals surface area contributed by atoms with E-state index < -0.39 is 12.3 Å². The summed E-state index contributed by atoms with van der Waals surface area (Å²) in [5.74, 6) is -0.542. The van der Waals surface area contributed by atoms with Gasteiger partial charge in [0.25, 0.3) is 5.89 Å². The van der Waals surface area contributed by atoms with Crippen LogP contribution < -0.4 is 5.32 Å². The Labute approximate surface area is 148 Å². The van der Waals surface area contributed by atoms with Crippen molar-refractivity contribution in [2.45, 2.75) is 25.3 Å². The highest BCUT2D eigenvalue weighted by atomic mass is 19.3. The summed E-state index contributed by atoms with van der Waals surface area (Å²) in [4.78, 5) is 17.8. The summed E-state index contributed by atoms with van der Waals surface area (Å²) in [7, 11) is 0. The van der Waals surface area contributed by atoms with Crippen molar-refractivity contribution in [2.24, 2.45) is 0 Å². The van der Waals surface area contributed by atoms with Gasteiger partial charge in [-0.1, -0.05) is 17.3 Å². The van der Waals surface area contributed by atoms with Gasteiger partial charge in [-0.3, -0.25) is 0 Å². The van der Waals surface area contributed by atoms with Crippen molar-refractivity contribution in [2.75, 3.05) is 26.3 Å². The van der Waals surface area contributed by atoms with Crippen LogP contribution in [0.3, 0.4) is 0 Å². The Morgan fingerprint density at radius 1 is 1.31 bits per heavy atom. The Bertz CT molecular complexity index is 805. The van der Waals surface area contributed by atoms with E-state index >= 15 is 0 Å². The van der Waals surface area contributed by atoms with E-state index in [1.165, 1.54) is 0 Å². The Balaban J connectivity index is 1.48. The first kappa shape index (κ1) is 16.9. The predicted octanol–water partition coefficient (Wildman–Crippen LogP) is 2.70. The third-order valence-corrected chi connectivity index (χ3v) is 4.70. The molecule has 2 amide bonds. The highest BCUT2D eigenvalue weighted by Crippen LogP contribution is 2.34. The molecule has 2 aliphatic rings. The molecule has 1 aliphatic carbocycles. The SMILES string of the molecule is O=C(N[C@@H]1CCc2cc(-c3noc(C(F)F)n3)ccc21)N1CCOCC1. The normalized spacial score (nSPS) is 19.7. The number of nitrogens with zero attached hydrogens (tertiary/aromatic N) is 3. The fourth-order valence-electron chi connectivity index (χ4n) is 3.35. The number of amides is 2. The highest BCUT2D eigenvalue weighted by molar-refractivity contribution is 5.75. The second-order valence-electron chi connectivity index (χ2n) is 6.31. The summed E-state index contributed by atoms with van der Waals surface area (Å²) in [6.45, 7) is 2.30. The van der Waals surface area contributed by atoms with Crippen LogP contribution in [-0.2, 0) is 11.2 Å². The fourth-order valence-corrected chi connectivity index (χ4v) is 3.35. The lowest BCUT2D eigenvalue weighted by atomic mass is 10.0. The molecule has 1 atom stereocenters. The first-order valence-corrected chi connectivity index (χ1v) is 8.50. The summed E-state index contributed by atoms with van der Waals surface area (Å²) in [5.41, 5.74) is 2.71. The Kier molecular flexibility index (Phi) is 4.54. The quantitative estimate of drug-likeness (QED) is 0.906. The summed E-state index contributed by atoms with van der Waals surface area (Å²) in [6.07, 6.45) is -1.20. The molecular formula is C17H18F2N4O3. The number of urea groups is 1. The second kappa shape index (κ2) is 6.99. The predicted molar refractivity (Wildman–Crippen MR) is 86.7 cm³/mol. The molecule has 1 aliphatic heterocycles. The number of alkyl halides is 2. The van der Waals surface area contributed by atoms with E-state index in [2.05, 4.69) is 20.0 Å². The number of aryl methyl sites for hydroxylation is 1. The number of nitrogens with one attached hydrogen (secondary N) is 1. The number of carbonyl (C=O) groups excluding carboxylic acids is 1. The number of ether oxygens (including phenoxy) is 1. The number of halogens is 2. The molecule has 4 rings (SSSR count). The van der Waals surface area contributed by atoms with Gasteiger partial charge in [-0.05, 0) is 30.0 Å². The average molecular weight is 364 g/mol. The Morgan fingerprint density at radius 3 is 2.85 bits per heavy atom. The zero-order valence-corrected chi connectivity index (χ0v) is 14.0. The minimum absolute atomic E-state index is 0.0590. The lowest BCUT2D eigenvalue weighted by molar-refractivity contribution is 0.0525. The largest absolute Gasteiger partial charge is 0.378 e. The number of benzene rings is 1. The van der Waals surface area contributed by atoms with Gasteiger partial charge in [0.2, 0.25) is 5.82 Å². The third-order valence-electron chi connectivity index (χ3n) is 4.70. The molecule has 0 saturated carbocycles. The lowest BCUT2D eigenvalue weighted by Crippen LogP contribution is -2.46. The lowest BCUT2D eigenvalue weighted by Gasteiger charge is -2.28. The van der Waals surface area contributed by atoms with E-state index in [1.54, 1.807) is 11.0 Å². The number of aromatic nitrogens is 2. The minimum atomic E-state index is -2.79. The van der Waals surface area contributed by atoms with Crippen molar-refractivity contribution in [1.82, 2.24) is 20.4 Å². The highest BCUT2D eigenvalue weighted by Gasteiger charge is 2.27. The zero-order chi connectivity index (χ0) is 18.1. The van der Waals surface area contributed by atoms with Crippen LogP contribution in [0.25, 0.3) is 11.4 Å². The molecule has 138 valence electrons. The van der Waals surface area contributed by atoms with E-state index in [-0.39, 0.29) is 17.9 Å². The van der Waals surface area contributed by atoms with Gasteiger partial charge >= 0.3 is 12.5 Å². The third kappa shape index (κ3) is 3.26. The van der Waals surface area contributed by atoms with Crippen molar-refractivity contribution >= 4 is 6.03 Å². The van der Waals surface area contributed by atoms with Gasteiger partial charge in [-0.25, -0.2) is 4.79 Å². The molecule has 0 bridgehead atoms. The van der Waals surface area contributed by atoms with Crippen molar-refractivity contribution in [3.63, 3.8) is 0 Å². The zero-order valence-electron chi connectivity index (χ0n) is 14.0. The van der Waals surface area contributed by atoms with Crippen LogP contribution in [0.1, 0.15) is 35.9 Å². The van der Waals surface area contributed by atoms with Crippen LogP contribution in [0, 0.1) is 0 Å². The van der Waals surface area contributed by atoms with Gasteiger partial charge in [0.1, 0.15) is 0 Å². The maximum Gasteiger partial charge on any atom is 0.318 e. The number of hydrogen-bond donors (Lipinski definition) is 1. The summed E-state index contributed by atoms with van der Waals surface area (Å²) in [6, 6.07) is 5.38. The number of morpholine rings is 1. The molecule has 1 aromatic carbocycles. The molecule has 2 aromatic rings. The van der Waals surface area contributed by atoms with E-state index in [0.29, 0.717) is 31.9 Å². The molecule has 9 heteroatoms. The van der Waals surface area contributed by atoms with Gasteiger partial charge in [-0.2, -0.15) is 13.8 Å². The van der Waals surface area contributed by atoms with Crippen LogP contribution in [0.5, 0.6) is 0 Å². The molecule has 0 unspecified atom stereocenters. The number of hydrogen-bond acceptors (Lipinski definition) is 5. The molecule has 26 heavy (non-hydrogen) atoms. The standard InChI is InChI=1S/C17H18F2N4O3/c18-14(19)16-21-15(22-26-16)11-1-3-12-10(9-11)2-4-13(12)20-17(24)23-5-7-25-8-6-23/h1,3,9,13-14H,2,4-8H2,(H,20,24)/t13-/m1/s1. The van der Waals surface area contributed by atoms with E-state index in [1.807, 2.05) is 12.1 Å². The fraction of sp³-hybridized carbons (Fsp3) is 0.471. The second-order valence-corrected chi connectivity index (χ2v) is 6.31. The van der Waals surface area contributed by atoms with Gasteiger partial charge in [0, 0.05) is 18.7 Å². The van der Waals surface area contributed by atoms with Crippen molar-refractivity contribution in [1.29, 1.82) is 0 Å². The van der Waals surface area contributed by atoms with E-state index in [4.69, 9.17) is 4.74 Å². The van der Waals surface area contributed by atoms with Crippen LogP contribution >= 0.6 is 0 Å². The van der Waals surface area contributed by atoms with Crippen molar-refractivity contribution < 1.29 is 22.8 Å². The summed E-state index contributed by atoms with van der Waals surface area (Å²) in [5, 5.41) is 6.67. The summed E-state index contributed by atoms with van der Waals surface area (Å²) >= 11 is 0. The molecule has 1 aromatic heterocycles. The number of carbonyl (C=O) groups is 1. The Hall–Kier alpha value is -2.55. The first-order chi connectivity index (χ1) is 12.6. The topological polar surface area (TPSA) is 80.5 Å². The average Bonchev–Trinajstić information content (AvgIpc) is 3.30. The molecule has 1 saturated heterocycles. The van der Waals surface area contributed by atoms with Gasteiger partial charge in [0.05, 0.1) is 19.3 Å². The van der Waals surface area contributed by atoms with Gasteiger partial charge < -0.3 is 19.5 Å². The molecule has 0 spiro atoms. The van der Waals surface area contributed by atoms with Crippen LogP contribution in [0.15, 0.2) is 22.7 Å². The Morgan fingerprint density at radius 2 is 2.12 bits per heavy atom. The molecule has 7 nitrogen and oxygen atoms in total. The van der Waals surface area contributed by atoms with Crippen molar-refractivity contribution in [3.8, 4) is 11.4 Å². The smallest absolute Gasteiger partial charge is 0.318 e. The molecule has 2 heterocycles. The van der Waals surface area contributed by atoms with Crippen LogP contribution in [0.4, 0.5) is 13.6 Å². The monoisotopic (exact) mass is 364 g/mol. The van der Waals surface area contributed by atoms with Gasteiger partial charge in [-0.15, -0.1) is 0 Å². The molecule has 1 fully saturated rings. The van der Waals surface area contributed by atoms with Crippen LogP contribution in [0.2, 0.25) is 0 Å². The summed E-state index contributed by atoms with van der Waals surface area (Å²) < 4.78 is 35.0. The van der Waals surface area contributed by atoms with E-state index in [9.17, 15) is 13.6 Å². The minimum Gasteiger partial charge on any atom is -0.378 e. The molecule has 1 N–H and O–H groups in total. The number of rotatable bonds is 3. The first-order valence-electron chi connectivity index (χ1n) is 8.50. The van der Waals surface area contributed by atoms with E-state index in [0.717, 1.165) is 24.0 Å². The molecule has 0 radical (unpaired) electrons. The molecular weight excluding hydrogens is 346 g/mol. The van der Waals surface area contributed by atoms with Crippen molar-refractivity contribution in [3.05, 3.63) is 35.2 Å². The van der Waals surface area contributed by atoms with Crippen LogP contribution in [-0.4, -0.2) is 47.4 Å². The van der Waals surface area contributed by atoms with Gasteiger partial charge in [0.15, 0.2) is 0 Å². The number of fused-ring (bicyclic) bond motifs is 1. The maximum absolute atomic E-state index is 12.6. The maximum atomic E-state index is 12.6.